The van der Waals surface area contributed by atoms with Gasteiger partial charge in [-0.05, 0) is 18.6 Å². The zero-order valence-corrected chi connectivity index (χ0v) is 11.8. The van der Waals surface area contributed by atoms with Crippen LogP contribution in [0.25, 0.3) is 0 Å². The van der Waals surface area contributed by atoms with Crippen LogP contribution in [0.4, 0.5) is 0 Å². The number of hydrogen-bond donors (Lipinski definition) is 1. The van der Waals surface area contributed by atoms with Gasteiger partial charge in [0.1, 0.15) is 0 Å². The molecule has 2 atom stereocenters. The van der Waals surface area contributed by atoms with Crippen LogP contribution in [0, 0.1) is 37.5 Å². The largest absolute Gasteiger partial charge is 0.482 e. The van der Waals surface area contributed by atoms with Crippen LogP contribution >= 0.6 is 0 Å². The Morgan fingerprint density at radius 3 is 2.42 bits per heavy atom. The molecule has 0 saturated carbocycles. The predicted octanol–water partition coefficient (Wildman–Crippen LogP) is 0.758. The summed E-state index contributed by atoms with van der Waals surface area (Å²) in [6, 6.07) is 0.344. The molecule has 0 radical (unpaired) electrons. The molecular formula is C8H14NO2U-. The van der Waals surface area contributed by atoms with Crippen LogP contribution in [0.1, 0.15) is 20.3 Å². The summed E-state index contributed by atoms with van der Waals surface area (Å²) in [7, 11) is 1.85. The zero-order chi connectivity index (χ0) is 8.65. The molecule has 0 spiro atoms. The summed E-state index contributed by atoms with van der Waals surface area (Å²) >= 11 is 0. The first-order valence-corrected chi connectivity index (χ1v) is 3.79. The first-order valence-electron chi connectivity index (χ1n) is 3.79. The van der Waals surface area contributed by atoms with Gasteiger partial charge in [-0.25, -0.2) is 0 Å². The van der Waals surface area contributed by atoms with Crippen LogP contribution < -0.4 is 0 Å². The maximum atomic E-state index is 10.8. The first-order chi connectivity index (χ1) is 4.98. The van der Waals surface area contributed by atoms with Crippen LogP contribution in [-0.2, 0) is 4.79 Å². The first kappa shape index (κ1) is 12.5. The van der Waals surface area contributed by atoms with Crippen LogP contribution in [-0.4, -0.2) is 34.6 Å². The van der Waals surface area contributed by atoms with Crippen molar-refractivity contribution in [1.82, 2.24) is 4.90 Å². The fourth-order valence-electron chi connectivity index (χ4n) is 1.40. The normalized spacial score (nSPS) is 36.1. The molecule has 1 N–H and O–H groups in total. The van der Waals surface area contributed by atoms with Crippen LogP contribution in [0.5, 0.6) is 0 Å². The Morgan fingerprint density at radius 1 is 1.75 bits per heavy atom. The molecule has 4 heteroatoms. The van der Waals surface area contributed by atoms with Gasteiger partial charge in [0.05, 0.1) is 0 Å². The molecular weight excluding hydrogens is 380 g/mol. The Hall–Kier alpha value is 0.482. The minimum absolute atomic E-state index is 0. The summed E-state index contributed by atoms with van der Waals surface area (Å²) in [5, 5.41) is 8.89. The Morgan fingerprint density at radius 2 is 2.25 bits per heavy atom. The average molecular weight is 394 g/mol. The van der Waals surface area contributed by atoms with E-state index in [9.17, 15) is 4.79 Å². The smallest absolute Gasteiger partial charge is 0.292 e. The van der Waals surface area contributed by atoms with E-state index in [1.54, 1.807) is 6.92 Å². The summed E-state index contributed by atoms with van der Waals surface area (Å²) < 4.78 is 0. The number of hydrogen-bond acceptors (Lipinski definition) is 2. The molecule has 1 aliphatic heterocycles. The third-order valence-electron chi connectivity index (χ3n) is 2.68. The van der Waals surface area contributed by atoms with E-state index in [1.165, 1.54) is 0 Å². The molecule has 1 heterocycles. The minimum atomic E-state index is -0.760. The third kappa shape index (κ3) is 1.86. The van der Waals surface area contributed by atoms with Gasteiger partial charge in [-0.15, -0.1) is 0 Å². The van der Waals surface area contributed by atoms with E-state index in [0.717, 1.165) is 6.42 Å². The van der Waals surface area contributed by atoms with Crippen molar-refractivity contribution >= 4 is 5.97 Å². The van der Waals surface area contributed by atoms with Gasteiger partial charge in [0, 0.05) is 31.1 Å². The van der Waals surface area contributed by atoms with Crippen molar-refractivity contribution in [1.29, 1.82) is 0 Å². The van der Waals surface area contributed by atoms with Gasteiger partial charge < -0.3 is 10.0 Å². The Labute approximate surface area is 96.9 Å². The summed E-state index contributed by atoms with van der Waals surface area (Å²) in [6.45, 7) is 3.77. The van der Waals surface area contributed by atoms with Crippen molar-refractivity contribution in [3.05, 3.63) is 6.42 Å². The van der Waals surface area contributed by atoms with E-state index < -0.39 is 11.5 Å². The molecule has 0 amide bonds. The molecule has 3 nitrogen and oxygen atoms in total. The van der Waals surface area contributed by atoms with E-state index in [2.05, 4.69) is 0 Å². The van der Waals surface area contributed by atoms with Gasteiger partial charge in [-0.3, -0.25) is 11.2 Å². The van der Waals surface area contributed by atoms with Gasteiger partial charge in [0.15, 0.2) is 0 Å². The number of carbonyl (C=O) groups is 1. The van der Waals surface area contributed by atoms with Crippen molar-refractivity contribution in [3.63, 3.8) is 0 Å². The second-order valence-electron chi connectivity index (χ2n) is 3.35. The second-order valence-corrected chi connectivity index (χ2v) is 3.35. The summed E-state index contributed by atoms with van der Waals surface area (Å²) in [4.78, 5) is 12.7. The van der Waals surface area contributed by atoms with E-state index in [-0.39, 0.29) is 31.1 Å². The van der Waals surface area contributed by atoms with Crippen molar-refractivity contribution in [3.8, 4) is 0 Å². The number of carboxylic acids is 1. The molecule has 0 aromatic rings. The molecule has 68 valence electrons. The summed E-state index contributed by atoms with van der Waals surface area (Å²) in [5.74, 6) is -0.760. The molecule has 12 heavy (non-hydrogen) atoms. The predicted molar refractivity (Wildman–Crippen MR) is 42.2 cm³/mol. The van der Waals surface area contributed by atoms with E-state index in [0.29, 0.717) is 6.04 Å². The van der Waals surface area contributed by atoms with Gasteiger partial charge in [-0.1, -0.05) is 13.8 Å². The fraction of sp³-hybridized carbons (Fsp3) is 0.750. The van der Waals surface area contributed by atoms with Gasteiger partial charge in [0.2, 0.25) is 0 Å². The molecule has 0 aromatic heterocycles. The number of aliphatic carboxylic acids is 1. The maximum absolute atomic E-state index is 10.8. The van der Waals surface area contributed by atoms with Crippen LogP contribution in [0.15, 0.2) is 0 Å². The van der Waals surface area contributed by atoms with E-state index in [1.807, 2.05) is 25.3 Å². The Kier molecular flexibility index (Phi) is 4.29. The molecule has 0 aromatic carbocycles. The monoisotopic (exact) mass is 394 g/mol. The average Bonchev–Trinajstić information content (AvgIpc) is 2.18. The number of nitrogens with zero attached hydrogens (tertiary/aromatic N) is 1. The topological polar surface area (TPSA) is 40.5 Å². The Balaban J connectivity index is 0.00000121. The maximum Gasteiger partial charge on any atom is 0.292 e. The van der Waals surface area contributed by atoms with Crippen molar-refractivity contribution in [2.75, 3.05) is 7.05 Å². The number of likely N-dealkylation sites (N-methyl/N-ethyl adjacent to an activating group) is 1. The zero-order valence-electron chi connectivity index (χ0n) is 7.66. The summed E-state index contributed by atoms with van der Waals surface area (Å²) in [5.41, 5.74) is -0.751. The molecule has 1 fully saturated rings. The van der Waals surface area contributed by atoms with Crippen molar-refractivity contribution in [2.45, 2.75) is 31.8 Å². The molecule has 1 rings (SSSR count). The second kappa shape index (κ2) is 4.13. The minimum Gasteiger partial charge on any atom is -0.482 e. The van der Waals surface area contributed by atoms with Gasteiger partial charge in [0.25, 0.3) is 5.97 Å². The Bertz CT molecular complexity index is 186. The van der Waals surface area contributed by atoms with E-state index >= 15 is 0 Å². The fourth-order valence-corrected chi connectivity index (χ4v) is 1.40. The number of carboxylic acid groups (broad SMARTS) is 1. The van der Waals surface area contributed by atoms with Gasteiger partial charge in [-0.2, -0.15) is 6.42 Å². The molecule has 0 bridgehead atoms. The van der Waals surface area contributed by atoms with Gasteiger partial charge >= 0.3 is 0 Å². The summed E-state index contributed by atoms with van der Waals surface area (Å²) in [6.07, 6.45) is 2.72. The molecule has 1 saturated heterocycles. The van der Waals surface area contributed by atoms with Crippen molar-refractivity contribution in [2.24, 2.45) is 0 Å². The molecule has 2 unspecified atom stereocenters. The van der Waals surface area contributed by atoms with Crippen LogP contribution in [0.2, 0.25) is 0 Å². The third-order valence-corrected chi connectivity index (χ3v) is 2.68. The van der Waals surface area contributed by atoms with Crippen LogP contribution in [0.3, 0.4) is 0 Å². The quantitative estimate of drug-likeness (QED) is 0.668. The number of likely N-dealkylation sites (tertiary alicyclic amines) is 1. The van der Waals surface area contributed by atoms with E-state index in [4.69, 9.17) is 5.11 Å². The SMILES string of the molecule is CC1C[CH-]C(C)(C(=O)O)N1C.[U]. The molecule has 1 aliphatic rings. The molecule has 0 aliphatic carbocycles. The van der Waals surface area contributed by atoms with Crippen molar-refractivity contribution < 1.29 is 41.0 Å². The standard InChI is InChI=1S/C8H14NO2.U/c1-6-4-5-8(2,7(10)11)9(6)3;/h5-6H,4H2,1-3H3,(H,10,11);/q-1;. The number of rotatable bonds is 1.